The Hall–Kier alpha value is -0.450. The average Bonchev–Trinajstić information content (AvgIpc) is 2.88. The number of nitrogens with two attached hydrogens (primary N) is 1. The van der Waals surface area contributed by atoms with Crippen LogP contribution in [0.5, 0.6) is 0 Å². The van der Waals surface area contributed by atoms with Crippen molar-refractivity contribution in [3.8, 4) is 0 Å². The number of fused-ring (bicyclic) bond motifs is 1. The molecule has 1 saturated carbocycles. The van der Waals surface area contributed by atoms with Gasteiger partial charge < -0.3 is 5.73 Å². The van der Waals surface area contributed by atoms with Crippen molar-refractivity contribution >= 4 is 11.3 Å². The number of rotatable bonds is 2. The maximum atomic E-state index is 6.14. The number of aromatic nitrogens is 1. The summed E-state index contributed by atoms with van der Waals surface area (Å²) in [5, 5.41) is 3.36. The Kier molecular flexibility index (Phi) is 2.73. The van der Waals surface area contributed by atoms with Crippen LogP contribution in [0.25, 0.3) is 0 Å². The fourth-order valence-corrected chi connectivity index (χ4v) is 3.84. The zero-order valence-corrected chi connectivity index (χ0v) is 10.5. The molecule has 0 radical (unpaired) electrons. The van der Waals surface area contributed by atoms with Gasteiger partial charge in [0.2, 0.25) is 0 Å². The molecule has 1 aromatic heterocycles. The van der Waals surface area contributed by atoms with Crippen molar-refractivity contribution in [2.45, 2.75) is 32.4 Å². The quantitative estimate of drug-likeness (QED) is 0.850. The minimum Gasteiger partial charge on any atom is -0.327 e. The minimum absolute atomic E-state index is 0.451. The highest BCUT2D eigenvalue weighted by Gasteiger charge is 2.40. The van der Waals surface area contributed by atoms with Crippen molar-refractivity contribution in [2.75, 3.05) is 13.1 Å². The maximum Gasteiger partial charge on any atom is 0.0897 e. The Morgan fingerprint density at radius 3 is 3.06 bits per heavy atom. The fourth-order valence-electron chi connectivity index (χ4n) is 3.24. The van der Waals surface area contributed by atoms with E-state index in [1.54, 1.807) is 11.3 Å². The number of hydrogen-bond acceptors (Lipinski definition) is 4. The second-order valence-corrected chi connectivity index (χ2v) is 6.28. The molecule has 3 unspecified atom stereocenters. The number of likely N-dealkylation sites (tertiary alicyclic amines) is 1. The Labute approximate surface area is 101 Å². The molecule has 3 nitrogen and oxygen atoms in total. The van der Waals surface area contributed by atoms with Crippen molar-refractivity contribution in [3.63, 3.8) is 0 Å². The van der Waals surface area contributed by atoms with Crippen molar-refractivity contribution < 1.29 is 0 Å². The first-order valence-corrected chi connectivity index (χ1v) is 6.99. The average molecular weight is 237 g/mol. The molecule has 1 saturated heterocycles. The molecule has 2 heterocycles. The van der Waals surface area contributed by atoms with Gasteiger partial charge in [-0.05, 0) is 31.6 Å². The summed E-state index contributed by atoms with van der Waals surface area (Å²) in [5.41, 5.74) is 7.37. The third-order valence-corrected chi connectivity index (χ3v) is 4.86. The predicted octanol–water partition coefficient (Wildman–Crippen LogP) is 1.62. The van der Waals surface area contributed by atoms with Crippen LogP contribution in [-0.4, -0.2) is 29.0 Å². The molecule has 0 amide bonds. The van der Waals surface area contributed by atoms with E-state index in [4.69, 9.17) is 5.73 Å². The molecular weight excluding hydrogens is 218 g/mol. The van der Waals surface area contributed by atoms with Gasteiger partial charge >= 0.3 is 0 Å². The van der Waals surface area contributed by atoms with Crippen LogP contribution in [0.2, 0.25) is 0 Å². The summed E-state index contributed by atoms with van der Waals surface area (Å²) in [4.78, 5) is 7.06. The molecule has 1 aliphatic heterocycles. The molecule has 3 atom stereocenters. The molecule has 1 aromatic rings. The SMILES string of the molecule is Cc1nc(CN2CC3CCC(N)C3C2)cs1. The highest BCUT2D eigenvalue weighted by Crippen LogP contribution is 2.37. The van der Waals surface area contributed by atoms with Crippen LogP contribution in [-0.2, 0) is 6.54 Å². The van der Waals surface area contributed by atoms with Crippen LogP contribution in [0.15, 0.2) is 5.38 Å². The van der Waals surface area contributed by atoms with Gasteiger partial charge in [-0.1, -0.05) is 0 Å². The highest BCUT2D eigenvalue weighted by molar-refractivity contribution is 7.09. The van der Waals surface area contributed by atoms with Gasteiger partial charge in [0.25, 0.3) is 0 Å². The van der Waals surface area contributed by atoms with Gasteiger partial charge in [0.15, 0.2) is 0 Å². The summed E-state index contributed by atoms with van der Waals surface area (Å²) in [6, 6.07) is 0.451. The molecule has 16 heavy (non-hydrogen) atoms. The van der Waals surface area contributed by atoms with E-state index in [2.05, 4.69) is 22.2 Å². The molecule has 4 heteroatoms. The molecule has 0 bridgehead atoms. The van der Waals surface area contributed by atoms with E-state index in [0.717, 1.165) is 18.4 Å². The second-order valence-electron chi connectivity index (χ2n) is 5.22. The van der Waals surface area contributed by atoms with E-state index < -0.39 is 0 Å². The summed E-state index contributed by atoms with van der Waals surface area (Å²) in [5.74, 6) is 1.61. The standard InChI is InChI=1S/C12H19N3S/c1-8-14-10(7-16-8)5-15-4-9-2-3-12(13)11(9)6-15/h7,9,11-12H,2-6,13H2,1H3. The van der Waals surface area contributed by atoms with Crippen LogP contribution in [0, 0.1) is 18.8 Å². The Balaban J connectivity index is 1.62. The van der Waals surface area contributed by atoms with Gasteiger partial charge in [0, 0.05) is 31.1 Å². The Morgan fingerprint density at radius 2 is 2.38 bits per heavy atom. The number of aryl methyl sites for hydroxylation is 1. The van der Waals surface area contributed by atoms with Crippen LogP contribution in [0.4, 0.5) is 0 Å². The van der Waals surface area contributed by atoms with Crippen LogP contribution < -0.4 is 5.73 Å². The normalized spacial score (nSPS) is 34.5. The summed E-state index contributed by atoms with van der Waals surface area (Å²) in [7, 11) is 0. The molecule has 2 fully saturated rings. The van der Waals surface area contributed by atoms with E-state index in [-0.39, 0.29) is 0 Å². The summed E-state index contributed by atoms with van der Waals surface area (Å²) in [6.45, 7) is 5.50. The first-order valence-electron chi connectivity index (χ1n) is 6.11. The number of hydrogen-bond donors (Lipinski definition) is 1. The lowest BCUT2D eigenvalue weighted by molar-refractivity contribution is 0.295. The van der Waals surface area contributed by atoms with Crippen molar-refractivity contribution in [3.05, 3.63) is 16.1 Å². The van der Waals surface area contributed by atoms with E-state index in [9.17, 15) is 0 Å². The molecule has 1 aliphatic carbocycles. The lowest BCUT2D eigenvalue weighted by Crippen LogP contribution is -2.30. The molecule has 3 rings (SSSR count). The van der Waals surface area contributed by atoms with E-state index in [0.29, 0.717) is 6.04 Å². The first-order chi connectivity index (χ1) is 7.72. The Bertz CT molecular complexity index is 376. The maximum absolute atomic E-state index is 6.14. The summed E-state index contributed by atoms with van der Waals surface area (Å²) >= 11 is 1.75. The lowest BCUT2D eigenvalue weighted by atomic mass is 9.98. The molecule has 0 aromatic carbocycles. The highest BCUT2D eigenvalue weighted by atomic mass is 32.1. The lowest BCUT2D eigenvalue weighted by Gasteiger charge is -2.16. The van der Waals surface area contributed by atoms with Crippen LogP contribution in [0.3, 0.4) is 0 Å². The van der Waals surface area contributed by atoms with Gasteiger partial charge in [-0.15, -0.1) is 11.3 Å². The van der Waals surface area contributed by atoms with Crippen LogP contribution in [0.1, 0.15) is 23.5 Å². The van der Waals surface area contributed by atoms with Crippen LogP contribution >= 0.6 is 11.3 Å². The van der Waals surface area contributed by atoms with Crippen molar-refractivity contribution in [2.24, 2.45) is 17.6 Å². The molecule has 88 valence electrons. The number of nitrogens with zero attached hydrogens (tertiary/aromatic N) is 2. The zero-order valence-electron chi connectivity index (χ0n) is 9.72. The van der Waals surface area contributed by atoms with Crippen molar-refractivity contribution in [1.82, 2.24) is 9.88 Å². The Morgan fingerprint density at radius 1 is 1.50 bits per heavy atom. The van der Waals surface area contributed by atoms with Gasteiger partial charge in [-0.2, -0.15) is 0 Å². The van der Waals surface area contributed by atoms with Crippen molar-refractivity contribution in [1.29, 1.82) is 0 Å². The van der Waals surface area contributed by atoms with E-state index >= 15 is 0 Å². The van der Waals surface area contributed by atoms with E-state index in [1.165, 1.54) is 36.6 Å². The molecule has 2 aliphatic rings. The molecule has 2 N–H and O–H groups in total. The molecule has 0 spiro atoms. The van der Waals surface area contributed by atoms with Gasteiger partial charge in [0.1, 0.15) is 0 Å². The number of thiazole rings is 1. The van der Waals surface area contributed by atoms with Gasteiger partial charge in [-0.3, -0.25) is 4.90 Å². The smallest absolute Gasteiger partial charge is 0.0897 e. The van der Waals surface area contributed by atoms with E-state index in [1.807, 2.05) is 0 Å². The minimum atomic E-state index is 0.451. The fraction of sp³-hybridized carbons (Fsp3) is 0.750. The second kappa shape index (κ2) is 4.09. The zero-order chi connectivity index (χ0) is 11.1. The largest absolute Gasteiger partial charge is 0.327 e. The summed E-state index contributed by atoms with van der Waals surface area (Å²) < 4.78 is 0. The molecular formula is C12H19N3S. The topological polar surface area (TPSA) is 42.2 Å². The third-order valence-electron chi connectivity index (χ3n) is 4.04. The predicted molar refractivity (Wildman–Crippen MR) is 66.3 cm³/mol. The summed E-state index contributed by atoms with van der Waals surface area (Å²) in [6.07, 6.45) is 2.57. The monoisotopic (exact) mass is 237 g/mol. The third kappa shape index (κ3) is 1.90. The first kappa shape index (κ1) is 10.7. The van der Waals surface area contributed by atoms with Gasteiger partial charge in [0.05, 0.1) is 10.7 Å². The van der Waals surface area contributed by atoms with Gasteiger partial charge in [-0.25, -0.2) is 4.98 Å².